The maximum Gasteiger partial charge on any atom is 0.433 e. The molecule has 1 N–H and O–H groups in total. The number of amides is 1. The van der Waals surface area contributed by atoms with E-state index >= 15 is 0 Å². The van der Waals surface area contributed by atoms with Gasteiger partial charge in [0.1, 0.15) is 11.4 Å². The first-order valence-electron chi connectivity index (χ1n) is 4.58. The van der Waals surface area contributed by atoms with Gasteiger partial charge in [-0.3, -0.25) is 9.59 Å². The highest BCUT2D eigenvalue weighted by Gasteiger charge is 2.33. The maximum atomic E-state index is 12.5. The molecule has 0 aliphatic rings. The molecule has 0 saturated heterocycles. The number of hydrogen-bond acceptors (Lipinski definition) is 3. The molecule has 0 saturated carbocycles. The Morgan fingerprint density at radius 1 is 1.24 bits per heavy atom. The van der Waals surface area contributed by atoms with Crippen LogP contribution in [0.3, 0.4) is 0 Å². The largest absolute Gasteiger partial charge is 0.433 e. The van der Waals surface area contributed by atoms with Crippen molar-refractivity contribution in [1.82, 2.24) is 4.98 Å². The Hall–Kier alpha value is -1.92. The van der Waals surface area contributed by atoms with E-state index in [-0.39, 0.29) is 11.4 Å². The summed E-state index contributed by atoms with van der Waals surface area (Å²) in [6, 6.07) is 1.77. The maximum absolute atomic E-state index is 12.5. The van der Waals surface area contributed by atoms with Gasteiger partial charge >= 0.3 is 6.18 Å². The fourth-order valence-electron chi connectivity index (χ4n) is 1.13. The van der Waals surface area contributed by atoms with Crippen molar-refractivity contribution in [2.75, 3.05) is 5.32 Å². The molecule has 1 heterocycles. The zero-order valence-electron chi connectivity index (χ0n) is 9.05. The van der Waals surface area contributed by atoms with Crippen molar-refractivity contribution in [1.29, 1.82) is 0 Å². The summed E-state index contributed by atoms with van der Waals surface area (Å²) >= 11 is 0. The second-order valence-electron chi connectivity index (χ2n) is 3.36. The summed E-state index contributed by atoms with van der Waals surface area (Å²) in [4.78, 5) is 25.0. The second-order valence-corrected chi connectivity index (χ2v) is 3.36. The Morgan fingerprint density at radius 3 is 2.24 bits per heavy atom. The second kappa shape index (κ2) is 4.52. The number of carbonyl (C=O) groups is 2. The van der Waals surface area contributed by atoms with Crippen LogP contribution in [0.15, 0.2) is 12.1 Å². The third-order valence-corrected chi connectivity index (χ3v) is 1.80. The first kappa shape index (κ1) is 13.1. The van der Waals surface area contributed by atoms with Gasteiger partial charge in [-0.1, -0.05) is 0 Å². The number of nitrogens with one attached hydrogen (secondary N) is 1. The Kier molecular flexibility index (Phi) is 3.50. The van der Waals surface area contributed by atoms with Gasteiger partial charge in [-0.25, -0.2) is 4.98 Å². The van der Waals surface area contributed by atoms with E-state index in [2.05, 4.69) is 10.3 Å². The molecule has 0 bridgehead atoms. The number of aromatic nitrogens is 1. The highest BCUT2D eigenvalue weighted by atomic mass is 19.4. The first-order valence-corrected chi connectivity index (χ1v) is 4.58. The summed E-state index contributed by atoms with van der Waals surface area (Å²) in [7, 11) is 0. The normalized spacial score (nSPS) is 11.1. The molecular formula is C10H9F3N2O2. The number of halogens is 3. The molecule has 0 atom stereocenters. The topological polar surface area (TPSA) is 59.1 Å². The number of ketones is 1. The summed E-state index contributed by atoms with van der Waals surface area (Å²) < 4.78 is 37.4. The van der Waals surface area contributed by atoms with Gasteiger partial charge in [0.15, 0.2) is 5.78 Å². The van der Waals surface area contributed by atoms with Crippen LogP contribution in [0, 0.1) is 0 Å². The van der Waals surface area contributed by atoms with Crippen molar-refractivity contribution in [2.45, 2.75) is 20.0 Å². The third kappa shape index (κ3) is 3.54. The molecule has 1 aromatic rings. The number of carbonyl (C=O) groups excluding carboxylic acids is 2. The molecule has 0 aromatic carbocycles. The fourth-order valence-corrected chi connectivity index (χ4v) is 1.13. The first-order chi connectivity index (χ1) is 7.70. The lowest BCUT2D eigenvalue weighted by Gasteiger charge is -2.10. The summed E-state index contributed by atoms with van der Waals surface area (Å²) in [6.07, 6.45) is -4.67. The van der Waals surface area contributed by atoms with Gasteiger partial charge in [0, 0.05) is 19.5 Å². The van der Waals surface area contributed by atoms with E-state index in [4.69, 9.17) is 0 Å². The Balaban J connectivity index is 3.28. The molecule has 0 spiro atoms. The predicted octanol–water partition coefficient (Wildman–Crippen LogP) is 2.26. The van der Waals surface area contributed by atoms with E-state index in [0.29, 0.717) is 6.07 Å². The monoisotopic (exact) mass is 246 g/mol. The fraction of sp³-hybridized carbons (Fsp3) is 0.300. The highest BCUT2D eigenvalue weighted by Crippen LogP contribution is 2.29. The predicted molar refractivity (Wildman–Crippen MR) is 53.5 cm³/mol. The van der Waals surface area contributed by atoms with Crippen LogP contribution < -0.4 is 5.32 Å². The van der Waals surface area contributed by atoms with Gasteiger partial charge in [-0.05, 0) is 12.1 Å². The van der Waals surface area contributed by atoms with Gasteiger partial charge in [0.25, 0.3) is 0 Å². The van der Waals surface area contributed by atoms with Crippen molar-refractivity contribution >= 4 is 17.4 Å². The molecular weight excluding hydrogens is 237 g/mol. The zero-order chi connectivity index (χ0) is 13.2. The number of rotatable bonds is 2. The van der Waals surface area contributed by atoms with Gasteiger partial charge in [-0.2, -0.15) is 13.2 Å². The quantitative estimate of drug-likeness (QED) is 0.814. The molecule has 17 heavy (non-hydrogen) atoms. The molecule has 0 unspecified atom stereocenters. The zero-order valence-corrected chi connectivity index (χ0v) is 9.05. The summed E-state index contributed by atoms with van der Waals surface area (Å²) in [5, 5.41) is 2.18. The van der Waals surface area contributed by atoms with Crippen LogP contribution in [0.25, 0.3) is 0 Å². The Morgan fingerprint density at radius 2 is 1.82 bits per heavy atom. The van der Waals surface area contributed by atoms with E-state index in [1.54, 1.807) is 0 Å². The summed E-state index contributed by atoms with van der Waals surface area (Å²) in [5.74, 6) is -1.14. The molecule has 7 heteroatoms. The Labute approximate surface area is 94.8 Å². The van der Waals surface area contributed by atoms with Crippen molar-refractivity contribution < 1.29 is 22.8 Å². The summed E-state index contributed by atoms with van der Waals surface area (Å²) in [6.45, 7) is 2.25. The van der Waals surface area contributed by atoms with Crippen molar-refractivity contribution in [3.8, 4) is 0 Å². The van der Waals surface area contributed by atoms with Crippen molar-refractivity contribution in [3.63, 3.8) is 0 Å². The molecule has 4 nitrogen and oxygen atoms in total. The number of Topliss-reactive ketones (excluding diaryl/α,β-unsaturated/α-hetero) is 1. The minimum Gasteiger partial charge on any atom is -0.326 e. The molecule has 92 valence electrons. The van der Waals surface area contributed by atoms with Crippen LogP contribution in [0.1, 0.15) is 30.0 Å². The number of alkyl halides is 3. The van der Waals surface area contributed by atoms with Crippen LogP contribution in [0.4, 0.5) is 18.9 Å². The minimum absolute atomic E-state index is 0.106. The lowest BCUT2D eigenvalue weighted by molar-refractivity contribution is -0.141. The van der Waals surface area contributed by atoms with E-state index < -0.39 is 23.6 Å². The number of nitrogens with zero attached hydrogens (tertiary/aromatic N) is 1. The van der Waals surface area contributed by atoms with Gasteiger partial charge < -0.3 is 5.32 Å². The van der Waals surface area contributed by atoms with E-state index in [1.165, 1.54) is 0 Å². The Bertz CT molecular complexity index is 469. The average molecular weight is 246 g/mol. The lowest BCUT2D eigenvalue weighted by atomic mass is 10.2. The van der Waals surface area contributed by atoms with Gasteiger partial charge in [0.2, 0.25) is 5.91 Å². The van der Waals surface area contributed by atoms with Crippen LogP contribution in [0.2, 0.25) is 0 Å². The minimum atomic E-state index is -4.67. The number of anilines is 1. The van der Waals surface area contributed by atoms with Crippen molar-refractivity contribution in [3.05, 3.63) is 23.5 Å². The number of pyridine rings is 1. The third-order valence-electron chi connectivity index (χ3n) is 1.80. The molecule has 1 amide bonds. The smallest absolute Gasteiger partial charge is 0.326 e. The molecule has 0 aliphatic carbocycles. The highest BCUT2D eigenvalue weighted by molar-refractivity contribution is 5.95. The SMILES string of the molecule is CC(=O)Nc1cc(C(C)=O)nc(C(F)(F)F)c1. The van der Waals surface area contributed by atoms with Crippen LogP contribution in [-0.2, 0) is 11.0 Å². The van der Waals surface area contributed by atoms with Crippen LogP contribution in [-0.4, -0.2) is 16.7 Å². The standard InChI is InChI=1S/C10H9F3N2O2/c1-5(16)8-3-7(14-6(2)17)4-9(15-8)10(11,12)13/h3-4H,1-2H3,(H,14,15,17). The van der Waals surface area contributed by atoms with Crippen LogP contribution >= 0.6 is 0 Å². The molecule has 0 fully saturated rings. The molecule has 1 rings (SSSR count). The van der Waals surface area contributed by atoms with Crippen LogP contribution in [0.5, 0.6) is 0 Å². The van der Waals surface area contributed by atoms with Gasteiger partial charge in [-0.15, -0.1) is 0 Å². The lowest BCUT2D eigenvalue weighted by Crippen LogP contribution is -2.14. The van der Waals surface area contributed by atoms with Gasteiger partial charge in [0.05, 0.1) is 0 Å². The van der Waals surface area contributed by atoms with E-state index in [9.17, 15) is 22.8 Å². The molecule has 0 aliphatic heterocycles. The van der Waals surface area contributed by atoms with E-state index in [0.717, 1.165) is 19.9 Å². The van der Waals surface area contributed by atoms with E-state index in [1.807, 2.05) is 0 Å². The number of hydrogen-bond donors (Lipinski definition) is 1. The van der Waals surface area contributed by atoms with Crippen molar-refractivity contribution in [2.24, 2.45) is 0 Å². The summed E-state index contributed by atoms with van der Waals surface area (Å²) in [5.41, 5.74) is -1.66. The molecule has 1 aromatic heterocycles. The average Bonchev–Trinajstić information content (AvgIpc) is 2.14. The molecule has 0 radical (unpaired) electrons.